The number of carbonyl (C=O) groups is 7. The minimum atomic E-state index is -1.70. The Kier molecular flexibility index (Phi) is 16.5. The maximum absolute atomic E-state index is 13.2. The quantitative estimate of drug-likeness (QED) is 0.0646. The number of amides is 5. The number of nitrogens with one attached hydrogen (secondary N) is 5. The lowest BCUT2D eigenvalue weighted by atomic mass is 10.0. The highest BCUT2D eigenvalue weighted by Gasteiger charge is 2.37. The number of aliphatic hydroxyl groups is 1. The van der Waals surface area contributed by atoms with Gasteiger partial charge in [-0.2, -0.15) is 0 Å². The third-order valence-electron chi connectivity index (χ3n) is 7.02. The van der Waals surface area contributed by atoms with Crippen molar-refractivity contribution in [1.82, 2.24) is 26.6 Å². The molecule has 0 aliphatic rings. The molecule has 47 heavy (non-hydrogen) atoms. The molecule has 1 aromatic rings. The van der Waals surface area contributed by atoms with Gasteiger partial charge in [0.2, 0.25) is 29.5 Å². The van der Waals surface area contributed by atoms with Crippen LogP contribution in [0.5, 0.6) is 0 Å². The Morgan fingerprint density at radius 3 is 1.94 bits per heavy atom. The van der Waals surface area contributed by atoms with Crippen LogP contribution in [0.2, 0.25) is 0 Å². The van der Waals surface area contributed by atoms with Crippen LogP contribution in [0.1, 0.15) is 58.9 Å². The predicted octanol–water partition coefficient (Wildman–Crippen LogP) is -2.52. The SMILES string of the molecule is C[C@H](NC(=O)C(C)(C)NC(=O)[C@@H](NC(=O)[C@@H](N)CC(=O)O)[C@@H](C)O)C(=O)N[C@@H](Cc1ccccc1)C(=O)N[C@@H](CCCCN)C(=O)O. The Morgan fingerprint density at radius 2 is 1.40 bits per heavy atom. The lowest BCUT2D eigenvalue weighted by Crippen LogP contribution is -2.64. The van der Waals surface area contributed by atoms with E-state index in [0.29, 0.717) is 24.9 Å². The molecule has 0 spiro atoms. The van der Waals surface area contributed by atoms with Crippen molar-refractivity contribution in [2.24, 2.45) is 11.5 Å². The molecule has 1 aromatic carbocycles. The summed E-state index contributed by atoms with van der Waals surface area (Å²) in [6, 6.07) is 1.90. The minimum Gasteiger partial charge on any atom is -0.481 e. The van der Waals surface area contributed by atoms with E-state index in [1.807, 2.05) is 0 Å². The molecule has 0 unspecified atom stereocenters. The van der Waals surface area contributed by atoms with Crippen molar-refractivity contribution in [3.8, 4) is 0 Å². The summed E-state index contributed by atoms with van der Waals surface area (Å²) >= 11 is 0. The fourth-order valence-electron chi connectivity index (χ4n) is 4.21. The Balaban J connectivity index is 3.00. The van der Waals surface area contributed by atoms with Gasteiger partial charge in [-0.3, -0.25) is 28.8 Å². The molecule has 0 aliphatic carbocycles. The van der Waals surface area contributed by atoms with Crippen LogP contribution in [-0.2, 0) is 40.0 Å². The second-order valence-electron chi connectivity index (χ2n) is 11.7. The zero-order chi connectivity index (χ0) is 35.9. The van der Waals surface area contributed by atoms with E-state index in [1.54, 1.807) is 30.3 Å². The monoisotopic (exact) mass is 665 g/mol. The highest BCUT2D eigenvalue weighted by atomic mass is 16.4. The molecule has 0 aromatic heterocycles. The van der Waals surface area contributed by atoms with Crippen LogP contribution in [0, 0.1) is 0 Å². The van der Waals surface area contributed by atoms with Crippen molar-refractivity contribution in [1.29, 1.82) is 0 Å². The van der Waals surface area contributed by atoms with Crippen LogP contribution in [0.15, 0.2) is 30.3 Å². The predicted molar refractivity (Wildman–Crippen MR) is 168 cm³/mol. The summed E-state index contributed by atoms with van der Waals surface area (Å²) in [7, 11) is 0. The molecule has 0 bridgehead atoms. The van der Waals surface area contributed by atoms with Gasteiger partial charge in [0.05, 0.1) is 18.6 Å². The Morgan fingerprint density at radius 1 is 0.809 bits per heavy atom. The number of carboxylic acid groups (broad SMARTS) is 2. The van der Waals surface area contributed by atoms with Gasteiger partial charge < -0.3 is 53.4 Å². The molecule has 0 radical (unpaired) electrons. The molecule has 12 N–H and O–H groups in total. The third-order valence-corrected chi connectivity index (χ3v) is 7.02. The molecule has 1 rings (SSSR count). The summed E-state index contributed by atoms with van der Waals surface area (Å²) < 4.78 is 0. The van der Waals surface area contributed by atoms with E-state index in [2.05, 4.69) is 26.6 Å². The number of carboxylic acids is 2. The van der Waals surface area contributed by atoms with E-state index >= 15 is 0 Å². The fourth-order valence-corrected chi connectivity index (χ4v) is 4.21. The molecule has 0 heterocycles. The second-order valence-corrected chi connectivity index (χ2v) is 11.7. The second kappa shape index (κ2) is 19.1. The van der Waals surface area contributed by atoms with Crippen LogP contribution >= 0.6 is 0 Å². The van der Waals surface area contributed by atoms with Crippen LogP contribution in [-0.4, -0.2) is 105 Å². The van der Waals surface area contributed by atoms with E-state index in [0.717, 1.165) is 0 Å². The zero-order valence-corrected chi connectivity index (χ0v) is 26.9. The molecular weight excluding hydrogens is 618 g/mol. The summed E-state index contributed by atoms with van der Waals surface area (Å²) in [4.78, 5) is 87.3. The van der Waals surface area contributed by atoms with Gasteiger partial charge >= 0.3 is 11.9 Å². The Bertz CT molecular complexity index is 1260. The topological polar surface area (TPSA) is 292 Å². The van der Waals surface area contributed by atoms with Gasteiger partial charge in [-0.15, -0.1) is 0 Å². The average molecular weight is 666 g/mol. The number of hydrogen-bond donors (Lipinski definition) is 10. The molecule has 262 valence electrons. The van der Waals surface area contributed by atoms with E-state index < -0.39 is 89.7 Å². The standard InChI is InChI=1S/C30H47N7O10/c1-16(33-29(47)30(3,4)37-27(44)23(17(2)38)36-25(42)19(32)15-22(39)40)24(41)35-21(14-18-10-6-5-7-11-18)26(43)34-20(28(45)46)12-8-9-13-31/h5-7,10-11,16-17,19-21,23,38H,8-9,12-15,31-32H2,1-4H3,(H,33,47)(H,34,43)(H,35,41)(H,36,42)(H,37,44)(H,39,40)(H,45,46)/t16-,17+,19-,20-,21-,23-/m0/s1. The molecule has 0 saturated heterocycles. The van der Waals surface area contributed by atoms with Crippen LogP contribution in [0.3, 0.4) is 0 Å². The number of benzene rings is 1. The highest BCUT2D eigenvalue weighted by molar-refractivity contribution is 5.98. The number of unbranched alkanes of at least 4 members (excludes halogenated alkanes) is 1. The summed E-state index contributed by atoms with van der Waals surface area (Å²) in [6.07, 6.45) is -1.02. The molecule has 17 heteroatoms. The van der Waals surface area contributed by atoms with Gasteiger partial charge in [-0.05, 0) is 59.1 Å². The van der Waals surface area contributed by atoms with Gasteiger partial charge in [0.15, 0.2) is 0 Å². The van der Waals surface area contributed by atoms with Crippen molar-refractivity contribution >= 4 is 41.5 Å². The number of rotatable bonds is 20. The van der Waals surface area contributed by atoms with Crippen molar-refractivity contribution in [2.75, 3.05) is 6.54 Å². The summed E-state index contributed by atoms with van der Waals surface area (Å²) in [5.74, 6) is -6.98. The van der Waals surface area contributed by atoms with E-state index in [9.17, 15) is 43.8 Å². The van der Waals surface area contributed by atoms with Crippen LogP contribution < -0.4 is 38.1 Å². The van der Waals surface area contributed by atoms with Crippen molar-refractivity contribution in [3.63, 3.8) is 0 Å². The first kappa shape index (κ1) is 40.4. The summed E-state index contributed by atoms with van der Waals surface area (Å²) in [5, 5.41) is 40.5. The average Bonchev–Trinajstić information content (AvgIpc) is 2.98. The molecule has 5 amide bonds. The fraction of sp³-hybridized carbons (Fsp3) is 0.567. The van der Waals surface area contributed by atoms with Gasteiger partial charge in [0, 0.05) is 6.42 Å². The van der Waals surface area contributed by atoms with Crippen molar-refractivity contribution in [2.45, 2.75) is 102 Å². The number of aliphatic carboxylic acids is 2. The maximum Gasteiger partial charge on any atom is 0.326 e. The van der Waals surface area contributed by atoms with Crippen LogP contribution in [0.4, 0.5) is 0 Å². The normalized spacial score (nSPS) is 15.0. The molecule has 6 atom stereocenters. The molecule has 0 fully saturated rings. The van der Waals surface area contributed by atoms with Crippen molar-refractivity contribution in [3.05, 3.63) is 35.9 Å². The number of nitrogens with two attached hydrogens (primary N) is 2. The van der Waals surface area contributed by atoms with Gasteiger partial charge in [0.25, 0.3) is 0 Å². The highest BCUT2D eigenvalue weighted by Crippen LogP contribution is 2.09. The smallest absolute Gasteiger partial charge is 0.326 e. The van der Waals surface area contributed by atoms with Gasteiger partial charge in [0.1, 0.15) is 29.7 Å². The summed E-state index contributed by atoms with van der Waals surface area (Å²) in [5.41, 5.74) is 9.97. The Hall–Kier alpha value is -4.61. The largest absolute Gasteiger partial charge is 0.481 e. The molecule has 0 aliphatic heterocycles. The van der Waals surface area contributed by atoms with E-state index in [4.69, 9.17) is 16.6 Å². The first-order valence-electron chi connectivity index (χ1n) is 15.1. The number of aliphatic hydroxyl groups excluding tert-OH is 1. The van der Waals surface area contributed by atoms with Crippen molar-refractivity contribution < 1.29 is 48.9 Å². The number of carbonyl (C=O) groups excluding carboxylic acids is 5. The van der Waals surface area contributed by atoms with Gasteiger partial charge in [-0.1, -0.05) is 30.3 Å². The zero-order valence-electron chi connectivity index (χ0n) is 26.9. The lowest BCUT2D eigenvalue weighted by Gasteiger charge is -2.30. The Labute approximate surface area is 272 Å². The van der Waals surface area contributed by atoms with E-state index in [1.165, 1.54) is 27.7 Å². The minimum absolute atomic E-state index is 0.0122. The third kappa shape index (κ3) is 14.1. The molecule has 0 saturated carbocycles. The van der Waals surface area contributed by atoms with Crippen LogP contribution in [0.25, 0.3) is 0 Å². The maximum atomic E-state index is 13.2. The summed E-state index contributed by atoms with van der Waals surface area (Å²) in [6.45, 7) is 5.47. The molecule has 17 nitrogen and oxygen atoms in total. The van der Waals surface area contributed by atoms with E-state index in [-0.39, 0.29) is 12.8 Å². The lowest BCUT2D eigenvalue weighted by molar-refractivity contribution is -0.142. The van der Waals surface area contributed by atoms with Gasteiger partial charge in [-0.25, -0.2) is 4.79 Å². The first-order valence-corrected chi connectivity index (χ1v) is 15.1. The first-order chi connectivity index (χ1) is 21.9. The molecular formula is C30H47N7O10. The number of hydrogen-bond acceptors (Lipinski definition) is 10.